The van der Waals surface area contributed by atoms with E-state index in [2.05, 4.69) is 5.32 Å². The summed E-state index contributed by atoms with van der Waals surface area (Å²) < 4.78 is 26.9. The molecule has 5 rings (SSSR count). The highest BCUT2D eigenvalue weighted by Crippen LogP contribution is 2.34. The number of nitrogens with one attached hydrogen (secondary N) is 1. The van der Waals surface area contributed by atoms with E-state index < -0.39 is 23.8 Å². The van der Waals surface area contributed by atoms with Crippen molar-refractivity contribution in [3.8, 4) is 28.7 Å². The first-order valence-corrected chi connectivity index (χ1v) is 11.8. The molecule has 1 fully saturated rings. The van der Waals surface area contributed by atoms with Crippen molar-refractivity contribution in [1.29, 1.82) is 0 Å². The van der Waals surface area contributed by atoms with Crippen molar-refractivity contribution in [1.82, 2.24) is 5.32 Å². The Morgan fingerprint density at radius 1 is 1.00 bits per heavy atom. The number of barbiturate groups is 1. The molecule has 2 heterocycles. The van der Waals surface area contributed by atoms with Gasteiger partial charge in [-0.2, -0.15) is 0 Å². The van der Waals surface area contributed by atoms with Gasteiger partial charge in [0.05, 0.1) is 25.0 Å². The summed E-state index contributed by atoms with van der Waals surface area (Å²) in [5.41, 5.74) is 0.612. The minimum atomic E-state index is -0.879. The van der Waals surface area contributed by atoms with Gasteiger partial charge in [-0.3, -0.25) is 14.9 Å². The topological polar surface area (TPSA) is 130 Å². The summed E-state index contributed by atoms with van der Waals surface area (Å²) in [6.45, 7) is 2.09. The maximum atomic E-state index is 13.2. The van der Waals surface area contributed by atoms with Crippen LogP contribution in [0.25, 0.3) is 6.08 Å². The van der Waals surface area contributed by atoms with E-state index in [0.29, 0.717) is 22.8 Å². The fourth-order valence-corrected chi connectivity index (χ4v) is 3.96. The summed E-state index contributed by atoms with van der Waals surface area (Å²) >= 11 is 0. The van der Waals surface area contributed by atoms with Gasteiger partial charge in [0.2, 0.25) is 6.79 Å². The van der Waals surface area contributed by atoms with Crippen LogP contribution in [0.3, 0.4) is 0 Å². The van der Waals surface area contributed by atoms with Gasteiger partial charge in [0.15, 0.2) is 23.0 Å². The molecule has 39 heavy (non-hydrogen) atoms. The number of carbonyl (C=O) groups is 4. The van der Waals surface area contributed by atoms with Gasteiger partial charge in [0, 0.05) is 6.07 Å². The second-order valence-corrected chi connectivity index (χ2v) is 8.26. The van der Waals surface area contributed by atoms with Gasteiger partial charge in [0.25, 0.3) is 11.8 Å². The molecule has 0 spiro atoms. The van der Waals surface area contributed by atoms with Crippen LogP contribution in [0.4, 0.5) is 10.5 Å². The number of esters is 1. The number of benzene rings is 3. The highest BCUT2D eigenvalue weighted by atomic mass is 16.7. The van der Waals surface area contributed by atoms with Crippen LogP contribution >= 0.6 is 0 Å². The van der Waals surface area contributed by atoms with Gasteiger partial charge >= 0.3 is 12.0 Å². The molecule has 0 aliphatic carbocycles. The number of ether oxygens (including phenoxy) is 5. The van der Waals surface area contributed by atoms with Crippen molar-refractivity contribution in [2.45, 2.75) is 6.92 Å². The summed E-state index contributed by atoms with van der Waals surface area (Å²) in [5, 5.41) is 2.18. The Hall–Kier alpha value is -5.32. The van der Waals surface area contributed by atoms with Crippen molar-refractivity contribution < 1.29 is 42.9 Å². The largest absolute Gasteiger partial charge is 0.497 e. The molecular weight excluding hydrogens is 508 g/mol. The molecule has 3 aromatic rings. The molecule has 0 radical (unpaired) electrons. The molecular formula is C28H22N2O9. The van der Waals surface area contributed by atoms with Crippen LogP contribution in [-0.4, -0.2) is 44.3 Å². The summed E-state index contributed by atoms with van der Waals surface area (Å²) in [6.07, 6.45) is 1.32. The fraction of sp³-hybridized carbons (Fsp3) is 0.143. The number of hydrogen-bond acceptors (Lipinski definition) is 9. The highest BCUT2D eigenvalue weighted by molar-refractivity contribution is 6.39. The van der Waals surface area contributed by atoms with Gasteiger partial charge < -0.3 is 23.7 Å². The van der Waals surface area contributed by atoms with Crippen LogP contribution in [-0.2, 0) is 9.59 Å². The fourth-order valence-electron chi connectivity index (χ4n) is 3.96. The molecule has 2 aliphatic heterocycles. The van der Waals surface area contributed by atoms with Crippen LogP contribution in [0, 0.1) is 0 Å². The number of rotatable bonds is 7. The van der Waals surface area contributed by atoms with E-state index in [0.717, 1.165) is 4.90 Å². The predicted molar refractivity (Wildman–Crippen MR) is 137 cm³/mol. The smallest absolute Gasteiger partial charge is 0.343 e. The van der Waals surface area contributed by atoms with Crippen LogP contribution in [0.1, 0.15) is 22.8 Å². The number of carbonyl (C=O) groups excluding carboxylic acids is 4. The van der Waals surface area contributed by atoms with E-state index in [1.165, 1.54) is 37.5 Å². The Morgan fingerprint density at radius 3 is 2.62 bits per heavy atom. The number of methoxy groups -OCH3 is 1. The second-order valence-electron chi connectivity index (χ2n) is 8.26. The number of hydrogen-bond donors (Lipinski definition) is 1. The number of nitrogens with zero attached hydrogens (tertiary/aromatic N) is 1. The molecule has 11 heteroatoms. The zero-order chi connectivity index (χ0) is 27.5. The molecule has 0 atom stereocenters. The lowest BCUT2D eigenvalue weighted by Crippen LogP contribution is -2.54. The normalized spacial score (nSPS) is 15.3. The number of urea groups is 1. The van der Waals surface area contributed by atoms with E-state index in [1.54, 1.807) is 43.3 Å². The Morgan fingerprint density at radius 2 is 1.82 bits per heavy atom. The van der Waals surface area contributed by atoms with E-state index in [-0.39, 0.29) is 41.7 Å². The van der Waals surface area contributed by atoms with Crippen LogP contribution in [0.5, 0.6) is 28.7 Å². The molecule has 0 unspecified atom stereocenters. The molecule has 0 bridgehead atoms. The third kappa shape index (κ3) is 5.10. The Balaban J connectivity index is 1.42. The quantitative estimate of drug-likeness (QED) is 0.210. The van der Waals surface area contributed by atoms with Gasteiger partial charge in [-0.25, -0.2) is 14.5 Å². The molecule has 0 saturated carbocycles. The monoisotopic (exact) mass is 530 g/mol. The molecule has 4 amide bonds. The van der Waals surface area contributed by atoms with Gasteiger partial charge in [-0.1, -0.05) is 12.1 Å². The summed E-state index contributed by atoms with van der Waals surface area (Å²) in [5.74, 6) is -0.550. The minimum absolute atomic E-state index is 0.0747. The lowest BCUT2D eigenvalue weighted by atomic mass is 10.1. The zero-order valence-electron chi connectivity index (χ0n) is 20.9. The first-order valence-electron chi connectivity index (χ1n) is 11.8. The first kappa shape index (κ1) is 25.3. The van der Waals surface area contributed by atoms with Crippen molar-refractivity contribution >= 4 is 35.6 Å². The van der Waals surface area contributed by atoms with Crippen molar-refractivity contribution in [2.24, 2.45) is 0 Å². The highest BCUT2D eigenvalue weighted by Gasteiger charge is 2.37. The average molecular weight is 530 g/mol. The first-order chi connectivity index (χ1) is 18.9. The average Bonchev–Trinajstić information content (AvgIpc) is 3.40. The van der Waals surface area contributed by atoms with Crippen molar-refractivity contribution in [3.63, 3.8) is 0 Å². The summed E-state index contributed by atoms with van der Waals surface area (Å²) in [6, 6.07) is 14.7. The lowest BCUT2D eigenvalue weighted by molar-refractivity contribution is -0.122. The molecule has 198 valence electrons. The molecule has 3 aromatic carbocycles. The Kier molecular flexibility index (Phi) is 6.87. The van der Waals surface area contributed by atoms with E-state index in [1.807, 2.05) is 0 Å². The number of anilines is 1. The summed E-state index contributed by atoms with van der Waals surface area (Å²) in [7, 11) is 1.46. The van der Waals surface area contributed by atoms with E-state index >= 15 is 0 Å². The standard InChI is InChI=1S/C28H22N2O9/c1-3-36-23-12-16(7-9-22(23)39-27(33)17-8-10-21-24(13-17)38-15-37-21)11-20-25(31)29-28(34)30(26(20)32)18-5-4-6-19(14-18)35-2/h4-14H,3,15H2,1-2H3,(H,29,31,34)/b20-11+. The lowest BCUT2D eigenvalue weighted by Gasteiger charge is -2.26. The van der Waals surface area contributed by atoms with Crippen molar-refractivity contribution in [3.05, 3.63) is 77.4 Å². The SMILES string of the molecule is CCOc1cc(/C=C2\C(=O)NC(=O)N(c3cccc(OC)c3)C2=O)ccc1OC(=O)c1ccc2c(c1)OCO2. The maximum Gasteiger partial charge on any atom is 0.343 e. The van der Waals surface area contributed by atoms with Crippen molar-refractivity contribution in [2.75, 3.05) is 25.4 Å². The molecule has 2 aliphatic rings. The minimum Gasteiger partial charge on any atom is -0.497 e. The third-order valence-electron chi connectivity index (χ3n) is 5.80. The van der Waals surface area contributed by atoms with Gasteiger partial charge in [0.1, 0.15) is 11.3 Å². The number of amides is 4. The van der Waals surface area contributed by atoms with Gasteiger partial charge in [-0.05, 0) is 61.0 Å². The van der Waals surface area contributed by atoms with Crippen LogP contribution < -0.4 is 33.9 Å². The number of fused-ring (bicyclic) bond motifs is 1. The Labute approximate surface area is 222 Å². The molecule has 0 aromatic heterocycles. The third-order valence-corrected chi connectivity index (χ3v) is 5.80. The van der Waals surface area contributed by atoms with E-state index in [4.69, 9.17) is 23.7 Å². The van der Waals surface area contributed by atoms with Gasteiger partial charge in [-0.15, -0.1) is 0 Å². The van der Waals surface area contributed by atoms with E-state index in [9.17, 15) is 19.2 Å². The number of imide groups is 2. The van der Waals surface area contributed by atoms with Crippen LogP contribution in [0.2, 0.25) is 0 Å². The molecule has 11 nitrogen and oxygen atoms in total. The maximum absolute atomic E-state index is 13.2. The Bertz CT molecular complexity index is 1530. The zero-order valence-corrected chi connectivity index (χ0v) is 20.9. The predicted octanol–water partition coefficient (Wildman–Crippen LogP) is 3.71. The molecule has 1 saturated heterocycles. The summed E-state index contributed by atoms with van der Waals surface area (Å²) in [4.78, 5) is 51.9. The second kappa shape index (κ2) is 10.6. The molecule has 1 N–H and O–H groups in total. The van der Waals surface area contributed by atoms with Crippen LogP contribution in [0.15, 0.2) is 66.2 Å².